The number of benzene rings is 3. The van der Waals surface area contributed by atoms with Crippen LogP contribution < -0.4 is 4.57 Å². The molecule has 2 heterocycles. The van der Waals surface area contributed by atoms with E-state index in [4.69, 9.17) is 4.42 Å². The van der Waals surface area contributed by atoms with Crippen molar-refractivity contribution in [2.24, 2.45) is 7.05 Å². The molecule has 2 nitrogen and oxygen atoms in total. The Hall–Kier alpha value is -3.13. The molecule has 2 heteroatoms. The Morgan fingerprint density at radius 2 is 1.54 bits per heavy atom. The summed E-state index contributed by atoms with van der Waals surface area (Å²) in [6.07, 6.45) is 2.20. The van der Waals surface area contributed by atoms with Crippen molar-refractivity contribution in [3.63, 3.8) is 0 Å². The second kappa shape index (κ2) is 5.93. The van der Waals surface area contributed by atoms with E-state index in [0.717, 1.165) is 11.2 Å². The van der Waals surface area contributed by atoms with Crippen LogP contribution in [-0.2, 0) is 7.05 Å². The van der Waals surface area contributed by atoms with E-state index >= 15 is 0 Å². The summed E-state index contributed by atoms with van der Waals surface area (Å²) in [7, 11) is 2.12. The Balaban J connectivity index is 2.00. The lowest BCUT2D eigenvalue weighted by Crippen LogP contribution is -2.31. The van der Waals surface area contributed by atoms with Gasteiger partial charge in [0.2, 0.25) is 5.69 Å². The fraction of sp³-hybridized carbons (Fsp3) is 0.192. The minimum absolute atomic E-state index is 0.954. The molecule has 0 radical (unpaired) electrons. The summed E-state index contributed by atoms with van der Waals surface area (Å²) in [5.41, 5.74) is 9.41. The van der Waals surface area contributed by atoms with E-state index in [0.29, 0.717) is 0 Å². The molecule has 0 aliphatic carbocycles. The molecule has 0 bridgehead atoms. The van der Waals surface area contributed by atoms with Gasteiger partial charge in [-0.1, -0.05) is 36.4 Å². The number of nitrogens with zero attached hydrogens (tertiary/aromatic N) is 1. The van der Waals surface area contributed by atoms with Gasteiger partial charge in [0.15, 0.2) is 6.20 Å². The van der Waals surface area contributed by atoms with Gasteiger partial charge >= 0.3 is 0 Å². The van der Waals surface area contributed by atoms with Crippen molar-refractivity contribution in [1.29, 1.82) is 0 Å². The van der Waals surface area contributed by atoms with Crippen LogP contribution in [0.1, 0.15) is 22.3 Å². The maximum absolute atomic E-state index is 6.52. The van der Waals surface area contributed by atoms with Gasteiger partial charge in [-0.15, -0.1) is 0 Å². The van der Waals surface area contributed by atoms with Crippen LogP contribution in [0.3, 0.4) is 0 Å². The zero-order valence-electron chi connectivity index (χ0n) is 17.1. The minimum atomic E-state index is 0.954. The van der Waals surface area contributed by atoms with Gasteiger partial charge in [0.25, 0.3) is 0 Å². The Kier molecular flexibility index (Phi) is 3.60. The predicted octanol–water partition coefficient (Wildman–Crippen LogP) is 6.46. The molecule has 0 unspecified atom stereocenters. The normalized spacial score (nSPS) is 11.8. The van der Waals surface area contributed by atoms with Crippen molar-refractivity contribution in [1.82, 2.24) is 0 Å². The van der Waals surface area contributed by atoms with Crippen LogP contribution in [0, 0.1) is 27.7 Å². The number of fused-ring (bicyclic) bond motifs is 5. The lowest BCUT2D eigenvalue weighted by molar-refractivity contribution is -0.660. The number of furan rings is 1. The molecule has 0 saturated heterocycles. The smallest absolute Gasteiger partial charge is 0.216 e. The van der Waals surface area contributed by atoms with Crippen LogP contribution in [0.2, 0.25) is 0 Å². The number of hydrogen-bond acceptors (Lipinski definition) is 1. The highest BCUT2D eigenvalue weighted by molar-refractivity contribution is 6.21. The largest absolute Gasteiger partial charge is 0.455 e. The van der Waals surface area contributed by atoms with Crippen LogP contribution in [0.5, 0.6) is 0 Å². The first kappa shape index (κ1) is 17.0. The Bertz CT molecular complexity index is 1410. The number of aryl methyl sites for hydroxylation is 5. The molecule has 0 amide bonds. The van der Waals surface area contributed by atoms with Crippen molar-refractivity contribution >= 4 is 32.7 Å². The first-order chi connectivity index (χ1) is 13.5. The van der Waals surface area contributed by atoms with Gasteiger partial charge < -0.3 is 4.42 Å². The average Bonchev–Trinajstić information content (AvgIpc) is 3.06. The van der Waals surface area contributed by atoms with Gasteiger partial charge in [-0.2, -0.15) is 0 Å². The predicted molar refractivity (Wildman–Crippen MR) is 117 cm³/mol. The first-order valence-electron chi connectivity index (χ1n) is 9.77. The van der Waals surface area contributed by atoms with Crippen LogP contribution in [0.4, 0.5) is 0 Å². The van der Waals surface area contributed by atoms with Crippen LogP contribution >= 0.6 is 0 Å². The van der Waals surface area contributed by atoms with Crippen molar-refractivity contribution in [2.75, 3.05) is 0 Å². The van der Waals surface area contributed by atoms with Crippen LogP contribution in [-0.4, -0.2) is 0 Å². The topological polar surface area (TPSA) is 17.0 Å². The van der Waals surface area contributed by atoms with E-state index in [-0.39, 0.29) is 0 Å². The van der Waals surface area contributed by atoms with Crippen molar-refractivity contribution in [3.8, 4) is 11.3 Å². The molecule has 5 rings (SSSR count). The molecule has 0 atom stereocenters. The quantitative estimate of drug-likeness (QED) is 0.311. The van der Waals surface area contributed by atoms with Crippen molar-refractivity contribution in [3.05, 3.63) is 77.0 Å². The molecule has 0 aliphatic heterocycles. The molecule has 138 valence electrons. The van der Waals surface area contributed by atoms with E-state index in [1.165, 1.54) is 55.1 Å². The molecule has 0 saturated carbocycles. The Morgan fingerprint density at radius 1 is 0.750 bits per heavy atom. The maximum Gasteiger partial charge on any atom is 0.216 e. The number of rotatable bonds is 1. The lowest BCUT2D eigenvalue weighted by atomic mass is 9.94. The highest BCUT2D eigenvalue weighted by Crippen LogP contribution is 2.41. The first-order valence-corrected chi connectivity index (χ1v) is 9.77. The second-order valence-electron chi connectivity index (χ2n) is 7.99. The number of hydrogen-bond donors (Lipinski definition) is 0. The Labute approximate surface area is 165 Å². The monoisotopic (exact) mass is 366 g/mol. The van der Waals surface area contributed by atoms with Gasteiger partial charge in [-0.25, -0.2) is 4.57 Å². The van der Waals surface area contributed by atoms with E-state index in [2.05, 4.69) is 94.0 Å². The summed E-state index contributed by atoms with van der Waals surface area (Å²) in [4.78, 5) is 0. The molecule has 28 heavy (non-hydrogen) atoms. The number of pyridine rings is 1. The molecular formula is C26H24NO+. The highest BCUT2D eigenvalue weighted by Gasteiger charge is 2.23. The van der Waals surface area contributed by atoms with E-state index in [1.54, 1.807) is 0 Å². The molecule has 0 N–H and O–H groups in total. The molecule has 5 aromatic rings. The van der Waals surface area contributed by atoms with Gasteiger partial charge in [-0.05, 0) is 61.2 Å². The molecular weight excluding hydrogens is 342 g/mol. The van der Waals surface area contributed by atoms with Crippen LogP contribution in [0.15, 0.2) is 59.1 Å². The van der Waals surface area contributed by atoms with E-state index in [1.807, 2.05) is 0 Å². The van der Waals surface area contributed by atoms with Crippen molar-refractivity contribution in [2.45, 2.75) is 27.7 Å². The zero-order chi connectivity index (χ0) is 19.6. The molecule has 0 spiro atoms. The molecule has 0 aliphatic rings. The fourth-order valence-electron chi connectivity index (χ4n) is 4.52. The summed E-state index contributed by atoms with van der Waals surface area (Å²) in [6, 6.07) is 17.4. The summed E-state index contributed by atoms with van der Waals surface area (Å²) in [5, 5.41) is 4.95. The Morgan fingerprint density at radius 3 is 2.36 bits per heavy atom. The fourth-order valence-corrected chi connectivity index (χ4v) is 4.52. The van der Waals surface area contributed by atoms with Gasteiger partial charge in [0.1, 0.15) is 18.2 Å². The van der Waals surface area contributed by atoms with E-state index in [9.17, 15) is 0 Å². The summed E-state index contributed by atoms with van der Waals surface area (Å²) in [6.45, 7) is 8.70. The lowest BCUT2D eigenvalue weighted by Gasteiger charge is -2.09. The van der Waals surface area contributed by atoms with Crippen molar-refractivity contribution < 1.29 is 8.98 Å². The molecule has 2 aromatic heterocycles. The highest BCUT2D eigenvalue weighted by atomic mass is 16.3. The third-order valence-electron chi connectivity index (χ3n) is 6.03. The minimum Gasteiger partial charge on any atom is -0.455 e. The number of aromatic nitrogens is 1. The van der Waals surface area contributed by atoms with Gasteiger partial charge in [0.05, 0.1) is 5.56 Å². The summed E-state index contributed by atoms with van der Waals surface area (Å²) >= 11 is 0. The SMILES string of the molecule is Cc1cc(-c2c(C)cc(C)c3c2oc2ccc4ccccc4c23)[n+](C)cc1C. The zero-order valence-corrected chi connectivity index (χ0v) is 17.1. The van der Waals surface area contributed by atoms with Gasteiger partial charge in [-0.3, -0.25) is 0 Å². The third-order valence-corrected chi connectivity index (χ3v) is 6.03. The molecule has 3 aromatic carbocycles. The maximum atomic E-state index is 6.52. The average molecular weight is 366 g/mol. The van der Waals surface area contributed by atoms with Gasteiger partial charge in [0, 0.05) is 22.4 Å². The standard InChI is InChI=1S/C26H24NO/c1-15-13-21(27(5)14-18(15)4)23-16(2)12-17(3)24-25-20-9-7-6-8-19(20)10-11-22(25)28-26(23)24/h6-14H,1-5H3/q+1. The summed E-state index contributed by atoms with van der Waals surface area (Å²) in [5.74, 6) is 0. The second-order valence-corrected chi connectivity index (χ2v) is 7.99. The third kappa shape index (κ3) is 2.31. The summed E-state index contributed by atoms with van der Waals surface area (Å²) < 4.78 is 8.73. The molecule has 0 fully saturated rings. The van der Waals surface area contributed by atoms with E-state index < -0.39 is 0 Å². The van der Waals surface area contributed by atoms with Crippen LogP contribution in [0.25, 0.3) is 44.0 Å².